The van der Waals surface area contributed by atoms with Crippen molar-refractivity contribution in [2.75, 3.05) is 5.32 Å². The molecule has 2 aromatic heterocycles. The molecule has 0 aliphatic carbocycles. The number of fused-ring (bicyclic) bond motifs is 1. The average molecular weight is 360 g/mol. The zero-order valence-electron chi connectivity index (χ0n) is 15.5. The summed E-state index contributed by atoms with van der Waals surface area (Å²) < 4.78 is 5.67. The van der Waals surface area contributed by atoms with E-state index in [0.29, 0.717) is 5.82 Å². The lowest BCUT2D eigenvalue weighted by Gasteiger charge is -2.02. The minimum Gasteiger partial charge on any atom is -0.464 e. The molecule has 0 aliphatic heterocycles. The van der Waals surface area contributed by atoms with Crippen molar-refractivity contribution in [3.8, 4) is 11.4 Å². The van der Waals surface area contributed by atoms with Gasteiger partial charge in [-0.05, 0) is 31.9 Å². The van der Waals surface area contributed by atoms with Gasteiger partial charge in [-0.15, -0.1) is 5.10 Å². The predicted molar refractivity (Wildman–Crippen MR) is 105 cm³/mol. The first-order valence-electron chi connectivity index (χ1n) is 8.77. The Kier molecular flexibility index (Phi) is 4.24. The molecule has 2 N–H and O–H groups in total. The molecule has 6 nitrogen and oxygen atoms in total. The fraction of sp³-hybridized carbons (Fsp3) is 0.190. The van der Waals surface area contributed by atoms with Gasteiger partial charge < -0.3 is 4.42 Å². The lowest BCUT2D eigenvalue weighted by molar-refractivity contribution is -0.115. The van der Waals surface area contributed by atoms with Crippen molar-refractivity contribution >= 4 is 22.8 Å². The molecular weight excluding hydrogens is 340 g/mol. The van der Waals surface area contributed by atoms with Crippen LogP contribution in [-0.2, 0) is 11.2 Å². The van der Waals surface area contributed by atoms with Gasteiger partial charge in [-0.2, -0.15) is 4.98 Å². The third kappa shape index (κ3) is 3.33. The number of H-pyrrole nitrogens is 1. The number of benzene rings is 2. The van der Waals surface area contributed by atoms with Crippen LogP contribution in [0.2, 0.25) is 0 Å². The average Bonchev–Trinajstić information content (AvgIpc) is 3.26. The highest BCUT2D eigenvalue weighted by Crippen LogP contribution is 2.27. The van der Waals surface area contributed by atoms with E-state index in [0.717, 1.165) is 33.2 Å². The molecule has 1 amide bonds. The van der Waals surface area contributed by atoms with Crippen molar-refractivity contribution in [3.63, 3.8) is 0 Å². The molecule has 2 aromatic carbocycles. The number of carbonyl (C=O) groups is 1. The van der Waals surface area contributed by atoms with Crippen LogP contribution in [0.5, 0.6) is 0 Å². The van der Waals surface area contributed by atoms with Gasteiger partial charge in [-0.25, -0.2) is 0 Å². The van der Waals surface area contributed by atoms with Crippen LogP contribution in [-0.4, -0.2) is 21.1 Å². The van der Waals surface area contributed by atoms with Crippen molar-refractivity contribution in [3.05, 3.63) is 64.9 Å². The lowest BCUT2D eigenvalue weighted by Crippen LogP contribution is -2.15. The fourth-order valence-corrected chi connectivity index (χ4v) is 3.03. The number of aromatic nitrogens is 3. The SMILES string of the molecule is Cc1ccc(-c2nc(NC(=O)Cc3coc4c(C)c(C)ccc34)n[nH]2)cc1. The molecule has 27 heavy (non-hydrogen) atoms. The topological polar surface area (TPSA) is 83.8 Å². The maximum Gasteiger partial charge on any atom is 0.249 e. The first-order valence-corrected chi connectivity index (χ1v) is 8.77. The van der Waals surface area contributed by atoms with Gasteiger partial charge in [0.15, 0.2) is 5.82 Å². The largest absolute Gasteiger partial charge is 0.464 e. The maximum absolute atomic E-state index is 12.4. The van der Waals surface area contributed by atoms with Crippen LogP contribution >= 0.6 is 0 Å². The monoisotopic (exact) mass is 360 g/mol. The van der Waals surface area contributed by atoms with Gasteiger partial charge in [0.1, 0.15) is 5.58 Å². The number of hydrogen-bond acceptors (Lipinski definition) is 4. The Labute approximate surface area is 156 Å². The van der Waals surface area contributed by atoms with Crippen LogP contribution in [0, 0.1) is 20.8 Å². The molecular formula is C21H20N4O2. The van der Waals surface area contributed by atoms with E-state index in [-0.39, 0.29) is 18.3 Å². The van der Waals surface area contributed by atoms with E-state index in [9.17, 15) is 4.79 Å². The predicted octanol–water partition coefficient (Wildman–Crippen LogP) is 4.32. The molecule has 0 saturated carbocycles. The summed E-state index contributed by atoms with van der Waals surface area (Å²) in [7, 11) is 0. The summed E-state index contributed by atoms with van der Waals surface area (Å²) in [4.78, 5) is 16.8. The summed E-state index contributed by atoms with van der Waals surface area (Å²) in [5.41, 5.74) is 6.02. The van der Waals surface area contributed by atoms with Gasteiger partial charge in [-0.1, -0.05) is 42.0 Å². The molecule has 4 aromatic rings. The molecule has 6 heteroatoms. The van der Waals surface area contributed by atoms with Gasteiger partial charge in [0.2, 0.25) is 11.9 Å². The lowest BCUT2D eigenvalue weighted by atomic mass is 10.0. The molecule has 0 bridgehead atoms. The van der Waals surface area contributed by atoms with Crippen molar-refractivity contribution < 1.29 is 9.21 Å². The van der Waals surface area contributed by atoms with Crippen molar-refractivity contribution in [2.24, 2.45) is 0 Å². The minimum absolute atomic E-state index is 0.189. The first kappa shape index (κ1) is 17.0. The van der Waals surface area contributed by atoms with Crippen molar-refractivity contribution in [1.82, 2.24) is 15.2 Å². The number of hydrogen-bond donors (Lipinski definition) is 2. The second kappa shape index (κ2) is 6.72. The van der Waals surface area contributed by atoms with Crippen molar-refractivity contribution in [2.45, 2.75) is 27.2 Å². The van der Waals surface area contributed by atoms with Crippen LogP contribution in [0.4, 0.5) is 5.95 Å². The summed E-state index contributed by atoms with van der Waals surface area (Å²) in [5.74, 6) is 0.686. The van der Waals surface area contributed by atoms with Crippen LogP contribution < -0.4 is 5.32 Å². The normalized spacial score (nSPS) is 11.1. The number of aryl methyl sites for hydroxylation is 3. The number of furan rings is 1. The summed E-state index contributed by atoms with van der Waals surface area (Å²) in [6.07, 6.45) is 1.84. The number of carbonyl (C=O) groups excluding carboxylic acids is 1. The summed E-state index contributed by atoms with van der Waals surface area (Å²) in [5, 5.41) is 10.6. The second-order valence-electron chi connectivity index (χ2n) is 6.74. The Morgan fingerprint density at radius 2 is 1.89 bits per heavy atom. The van der Waals surface area contributed by atoms with Crippen LogP contribution in [0.25, 0.3) is 22.4 Å². The van der Waals surface area contributed by atoms with E-state index >= 15 is 0 Å². The Hall–Kier alpha value is -3.41. The second-order valence-corrected chi connectivity index (χ2v) is 6.74. The zero-order chi connectivity index (χ0) is 19.0. The molecule has 2 heterocycles. The van der Waals surface area contributed by atoms with Crippen LogP contribution in [0.1, 0.15) is 22.3 Å². The van der Waals surface area contributed by atoms with E-state index in [2.05, 4.69) is 20.5 Å². The summed E-state index contributed by atoms with van der Waals surface area (Å²) in [6, 6.07) is 12.0. The van der Waals surface area contributed by atoms with Crippen molar-refractivity contribution in [1.29, 1.82) is 0 Å². The summed E-state index contributed by atoms with van der Waals surface area (Å²) >= 11 is 0. The molecule has 0 saturated heterocycles. The molecule has 0 unspecified atom stereocenters. The Balaban J connectivity index is 1.49. The van der Waals surface area contributed by atoms with Gasteiger partial charge in [-0.3, -0.25) is 15.2 Å². The fourth-order valence-electron chi connectivity index (χ4n) is 3.03. The van der Waals surface area contributed by atoms with Crippen LogP contribution in [0.15, 0.2) is 47.1 Å². The zero-order valence-corrected chi connectivity index (χ0v) is 15.5. The standard InChI is InChI=1S/C21H20N4O2/c1-12-4-7-15(8-5-12)20-23-21(25-24-20)22-18(26)10-16-11-27-19-14(3)13(2)6-9-17(16)19/h4-9,11H,10H2,1-3H3,(H2,22,23,24,25,26). The number of nitrogens with zero attached hydrogens (tertiary/aromatic N) is 2. The van der Waals surface area contributed by atoms with E-state index in [4.69, 9.17) is 4.42 Å². The highest BCUT2D eigenvalue weighted by molar-refractivity contribution is 5.95. The quantitative estimate of drug-likeness (QED) is 0.567. The molecule has 0 radical (unpaired) electrons. The Morgan fingerprint density at radius 1 is 1.11 bits per heavy atom. The van der Waals surface area contributed by atoms with Gasteiger partial charge in [0.05, 0.1) is 12.7 Å². The third-order valence-corrected chi connectivity index (χ3v) is 4.75. The number of rotatable bonds is 4. The number of amides is 1. The van der Waals surface area contributed by atoms with Gasteiger partial charge in [0.25, 0.3) is 0 Å². The highest BCUT2D eigenvalue weighted by atomic mass is 16.3. The molecule has 0 spiro atoms. The van der Waals surface area contributed by atoms with Gasteiger partial charge >= 0.3 is 0 Å². The van der Waals surface area contributed by atoms with Crippen LogP contribution in [0.3, 0.4) is 0 Å². The maximum atomic E-state index is 12.4. The Bertz CT molecular complexity index is 1120. The number of anilines is 1. The molecule has 4 rings (SSSR count). The molecule has 0 fully saturated rings. The number of nitrogens with one attached hydrogen (secondary N) is 2. The Morgan fingerprint density at radius 3 is 2.67 bits per heavy atom. The molecule has 136 valence electrons. The summed E-state index contributed by atoms with van der Waals surface area (Å²) in [6.45, 7) is 6.09. The first-order chi connectivity index (χ1) is 13.0. The number of aromatic amines is 1. The third-order valence-electron chi connectivity index (χ3n) is 4.75. The van der Waals surface area contributed by atoms with E-state index < -0.39 is 0 Å². The molecule has 0 aliphatic rings. The van der Waals surface area contributed by atoms with E-state index in [1.807, 2.05) is 57.2 Å². The smallest absolute Gasteiger partial charge is 0.249 e. The van der Waals surface area contributed by atoms with Gasteiger partial charge in [0, 0.05) is 16.5 Å². The van der Waals surface area contributed by atoms with E-state index in [1.165, 1.54) is 5.56 Å². The minimum atomic E-state index is -0.189. The highest BCUT2D eigenvalue weighted by Gasteiger charge is 2.14. The molecule has 0 atom stereocenters. The van der Waals surface area contributed by atoms with E-state index in [1.54, 1.807) is 6.26 Å².